The van der Waals surface area contributed by atoms with Crippen molar-refractivity contribution in [1.82, 2.24) is 0 Å². The van der Waals surface area contributed by atoms with Crippen LogP contribution in [-0.4, -0.2) is 18.3 Å². The highest BCUT2D eigenvalue weighted by Crippen LogP contribution is 2.27. The van der Waals surface area contributed by atoms with Gasteiger partial charge < -0.3 is 14.3 Å². The van der Waals surface area contributed by atoms with Gasteiger partial charge >= 0.3 is 0 Å². The van der Waals surface area contributed by atoms with Crippen molar-refractivity contribution in [2.45, 2.75) is 25.9 Å². The molecule has 98 valence electrons. The number of ether oxygens (including phenoxy) is 1. The van der Waals surface area contributed by atoms with Crippen LogP contribution in [0, 0.1) is 5.82 Å². The van der Waals surface area contributed by atoms with Crippen molar-refractivity contribution in [3.8, 4) is 0 Å². The Morgan fingerprint density at radius 1 is 1.39 bits per heavy atom. The number of benzene rings is 1. The molecule has 0 saturated heterocycles. The van der Waals surface area contributed by atoms with Crippen molar-refractivity contribution in [3.05, 3.63) is 35.8 Å². The van der Waals surface area contributed by atoms with Gasteiger partial charge in [0.1, 0.15) is 11.9 Å². The molecule has 3 nitrogen and oxygen atoms in total. The Bertz CT molecular complexity index is 507. The zero-order chi connectivity index (χ0) is 13.0. The number of furan rings is 1. The predicted molar refractivity (Wildman–Crippen MR) is 66.9 cm³/mol. The summed E-state index contributed by atoms with van der Waals surface area (Å²) in [7, 11) is 0. The van der Waals surface area contributed by atoms with Crippen LogP contribution in [0.5, 0.6) is 0 Å². The molecule has 0 bridgehead atoms. The number of hydrogen-bond acceptors (Lipinski definition) is 3. The number of para-hydroxylation sites is 1. The normalized spacial score (nSPS) is 13.1. The van der Waals surface area contributed by atoms with Gasteiger partial charge in [-0.3, -0.25) is 0 Å². The lowest BCUT2D eigenvalue weighted by Gasteiger charge is -2.07. The molecule has 0 aliphatic heterocycles. The molecule has 18 heavy (non-hydrogen) atoms. The van der Waals surface area contributed by atoms with Crippen molar-refractivity contribution < 1.29 is 18.7 Å². The summed E-state index contributed by atoms with van der Waals surface area (Å²) in [5.74, 6) is -0.0246. The van der Waals surface area contributed by atoms with E-state index in [1.165, 1.54) is 6.07 Å². The zero-order valence-corrected chi connectivity index (χ0v) is 10.4. The maximum Gasteiger partial charge on any atom is 0.170 e. The van der Waals surface area contributed by atoms with Crippen molar-refractivity contribution in [2.75, 3.05) is 13.2 Å². The van der Waals surface area contributed by atoms with Crippen LogP contribution in [-0.2, 0) is 4.74 Å². The van der Waals surface area contributed by atoms with E-state index in [4.69, 9.17) is 9.15 Å². The minimum absolute atomic E-state index is 0.195. The topological polar surface area (TPSA) is 42.6 Å². The summed E-state index contributed by atoms with van der Waals surface area (Å²) in [6.45, 7) is 3.18. The molecule has 1 N–H and O–H groups in total. The maximum atomic E-state index is 13.4. The first-order chi connectivity index (χ1) is 8.72. The number of fused-ring (bicyclic) bond motifs is 1. The van der Waals surface area contributed by atoms with Crippen LogP contribution in [0.25, 0.3) is 11.0 Å². The van der Waals surface area contributed by atoms with E-state index >= 15 is 0 Å². The molecule has 0 amide bonds. The second-order valence-electron chi connectivity index (χ2n) is 4.22. The van der Waals surface area contributed by atoms with Crippen LogP contribution in [0.2, 0.25) is 0 Å². The van der Waals surface area contributed by atoms with Crippen LogP contribution in [0.3, 0.4) is 0 Å². The average Bonchev–Trinajstić information content (AvgIpc) is 2.80. The number of aliphatic hydroxyl groups is 1. The molecule has 0 fully saturated rings. The Morgan fingerprint density at radius 2 is 2.22 bits per heavy atom. The molecule has 0 radical (unpaired) electrons. The molecule has 0 spiro atoms. The Morgan fingerprint density at radius 3 is 2.94 bits per heavy atom. The fourth-order valence-corrected chi connectivity index (χ4v) is 1.80. The van der Waals surface area contributed by atoms with Gasteiger partial charge in [0.05, 0.1) is 0 Å². The number of aliphatic hydroxyl groups excluding tert-OH is 1. The fourth-order valence-electron chi connectivity index (χ4n) is 1.80. The number of halogens is 1. The van der Waals surface area contributed by atoms with Gasteiger partial charge in [0.2, 0.25) is 0 Å². The van der Waals surface area contributed by atoms with Gasteiger partial charge in [0, 0.05) is 25.0 Å². The summed E-state index contributed by atoms with van der Waals surface area (Å²) < 4.78 is 24.0. The molecule has 0 saturated carbocycles. The molecular formula is C14H17FO3. The summed E-state index contributed by atoms with van der Waals surface area (Å²) in [6, 6.07) is 6.38. The molecule has 1 aromatic heterocycles. The second kappa shape index (κ2) is 5.98. The molecule has 4 heteroatoms. The fraction of sp³-hybridized carbons (Fsp3) is 0.429. The van der Waals surface area contributed by atoms with E-state index in [1.807, 2.05) is 6.92 Å². The molecule has 1 heterocycles. The van der Waals surface area contributed by atoms with Crippen molar-refractivity contribution in [2.24, 2.45) is 0 Å². The van der Waals surface area contributed by atoms with Gasteiger partial charge in [-0.15, -0.1) is 0 Å². The minimum Gasteiger partial charge on any atom is -0.455 e. The summed E-state index contributed by atoms with van der Waals surface area (Å²) in [6.07, 6.45) is 0.640. The summed E-state index contributed by atoms with van der Waals surface area (Å²) in [4.78, 5) is 0. The Balaban J connectivity index is 2.04. The standard InChI is InChI=1S/C14H17FO3/c1-2-7-17-8-6-12(16)13-9-10-4-3-5-11(15)14(10)18-13/h3-5,9,12,16H,2,6-8H2,1H3. The van der Waals surface area contributed by atoms with E-state index in [2.05, 4.69) is 0 Å². The Kier molecular flexibility index (Phi) is 4.33. The first-order valence-corrected chi connectivity index (χ1v) is 6.16. The third-order valence-electron chi connectivity index (χ3n) is 2.73. The molecule has 0 aliphatic rings. The highest BCUT2D eigenvalue weighted by atomic mass is 19.1. The van der Waals surface area contributed by atoms with Gasteiger partial charge in [-0.2, -0.15) is 0 Å². The summed E-state index contributed by atoms with van der Waals surface area (Å²) >= 11 is 0. The second-order valence-corrected chi connectivity index (χ2v) is 4.22. The molecule has 0 aliphatic carbocycles. The van der Waals surface area contributed by atoms with Gasteiger partial charge in [0.15, 0.2) is 11.4 Å². The first-order valence-electron chi connectivity index (χ1n) is 6.16. The van der Waals surface area contributed by atoms with Gasteiger partial charge in [0.25, 0.3) is 0 Å². The summed E-state index contributed by atoms with van der Waals surface area (Å²) in [5, 5.41) is 10.6. The van der Waals surface area contributed by atoms with Gasteiger partial charge in [-0.05, 0) is 18.6 Å². The highest BCUT2D eigenvalue weighted by Gasteiger charge is 2.14. The molecule has 2 rings (SSSR count). The largest absolute Gasteiger partial charge is 0.455 e. The number of hydrogen-bond donors (Lipinski definition) is 1. The third kappa shape index (κ3) is 2.89. The van der Waals surface area contributed by atoms with Gasteiger partial charge in [-0.25, -0.2) is 4.39 Å². The van der Waals surface area contributed by atoms with Crippen LogP contribution in [0.15, 0.2) is 28.7 Å². The molecule has 1 atom stereocenters. The van der Waals surface area contributed by atoms with E-state index in [0.29, 0.717) is 30.8 Å². The van der Waals surface area contributed by atoms with Crippen molar-refractivity contribution in [1.29, 1.82) is 0 Å². The van der Waals surface area contributed by atoms with Crippen molar-refractivity contribution >= 4 is 11.0 Å². The average molecular weight is 252 g/mol. The van der Waals surface area contributed by atoms with Crippen LogP contribution in [0.1, 0.15) is 31.6 Å². The minimum atomic E-state index is -0.756. The lowest BCUT2D eigenvalue weighted by molar-refractivity contribution is 0.0726. The predicted octanol–water partition coefficient (Wildman–Crippen LogP) is 3.42. The zero-order valence-electron chi connectivity index (χ0n) is 10.4. The van der Waals surface area contributed by atoms with Gasteiger partial charge in [-0.1, -0.05) is 19.1 Å². The van der Waals surface area contributed by atoms with E-state index in [0.717, 1.165) is 6.42 Å². The highest BCUT2D eigenvalue weighted by molar-refractivity contribution is 5.78. The SMILES string of the molecule is CCCOCCC(O)c1cc2cccc(F)c2o1. The smallest absolute Gasteiger partial charge is 0.170 e. The lowest BCUT2D eigenvalue weighted by Crippen LogP contribution is -2.03. The van der Waals surface area contributed by atoms with Crippen molar-refractivity contribution in [3.63, 3.8) is 0 Å². The Hall–Kier alpha value is -1.39. The van der Waals surface area contributed by atoms with Crippen LogP contribution < -0.4 is 0 Å². The molecule has 2 aromatic rings. The lowest BCUT2D eigenvalue weighted by atomic mass is 10.2. The summed E-state index contributed by atoms with van der Waals surface area (Å²) in [5.41, 5.74) is 0.195. The van der Waals surface area contributed by atoms with Crippen LogP contribution >= 0.6 is 0 Å². The van der Waals surface area contributed by atoms with E-state index < -0.39 is 11.9 Å². The van der Waals surface area contributed by atoms with E-state index in [1.54, 1.807) is 18.2 Å². The molecule has 1 unspecified atom stereocenters. The molecular weight excluding hydrogens is 235 g/mol. The third-order valence-corrected chi connectivity index (χ3v) is 2.73. The van der Waals surface area contributed by atoms with E-state index in [-0.39, 0.29) is 5.58 Å². The molecule has 1 aromatic carbocycles. The maximum absolute atomic E-state index is 13.4. The number of rotatable bonds is 6. The first kappa shape index (κ1) is 13.1. The quantitative estimate of drug-likeness (QED) is 0.801. The van der Waals surface area contributed by atoms with E-state index in [9.17, 15) is 9.50 Å². The monoisotopic (exact) mass is 252 g/mol. The Labute approximate surface area is 105 Å². The van der Waals surface area contributed by atoms with Crippen LogP contribution in [0.4, 0.5) is 4.39 Å².